The van der Waals surface area contributed by atoms with Crippen LogP contribution in [0.15, 0.2) is 72.9 Å². The van der Waals surface area contributed by atoms with Gasteiger partial charge in [-0.25, -0.2) is 4.39 Å². The topological polar surface area (TPSA) is 46.5 Å². The summed E-state index contributed by atoms with van der Waals surface area (Å²) in [6.07, 6.45) is 2.37. The van der Waals surface area contributed by atoms with E-state index < -0.39 is 0 Å². The number of nitrogens with zero attached hydrogens (tertiary/aromatic N) is 2. The molecular weight excluding hydrogens is 524 g/mol. The van der Waals surface area contributed by atoms with E-state index in [-0.39, 0.29) is 24.1 Å². The maximum absolute atomic E-state index is 13.5. The lowest BCUT2D eigenvalue weighted by Crippen LogP contribution is -2.41. The number of fused-ring (bicyclic) bond motifs is 1. The van der Waals surface area contributed by atoms with Crippen molar-refractivity contribution in [2.75, 3.05) is 39.4 Å². The maximum Gasteiger partial charge on any atom is 0.220 e. The highest BCUT2D eigenvalue weighted by molar-refractivity contribution is 6.42. The first-order chi connectivity index (χ1) is 18.5. The molecule has 1 aromatic heterocycles. The molecule has 8 heteroatoms. The van der Waals surface area contributed by atoms with Gasteiger partial charge in [-0.05, 0) is 47.0 Å². The van der Waals surface area contributed by atoms with Gasteiger partial charge in [0, 0.05) is 62.2 Å². The SMILES string of the molecule is O=C(C[C@H](c1ccc(Cl)c(Cl)c1)c1cn(Cc2ccc(F)cc2)c2ccccc12)NCCN1CCOCC1. The Labute approximate surface area is 232 Å². The molecule has 0 unspecified atom stereocenters. The molecule has 1 aliphatic heterocycles. The Hall–Kier alpha value is -2.90. The van der Waals surface area contributed by atoms with Crippen LogP contribution < -0.4 is 5.32 Å². The third-order valence-electron chi connectivity index (χ3n) is 7.05. The summed E-state index contributed by atoms with van der Waals surface area (Å²) >= 11 is 12.6. The number of carbonyl (C=O) groups is 1. The third-order valence-corrected chi connectivity index (χ3v) is 7.79. The molecule has 198 valence electrons. The fourth-order valence-corrected chi connectivity index (χ4v) is 5.35. The van der Waals surface area contributed by atoms with Gasteiger partial charge in [-0.15, -0.1) is 0 Å². The zero-order valence-corrected chi connectivity index (χ0v) is 22.5. The molecule has 0 spiro atoms. The zero-order valence-electron chi connectivity index (χ0n) is 21.0. The van der Waals surface area contributed by atoms with E-state index in [2.05, 4.69) is 33.1 Å². The predicted molar refractivity (Wildman–Crippen MR) is 151 cm³/mol. The molecule has 1 saturated heterocycles. The molecule has 38 heavy (non-hydrogen) atoms. The molecule has 5 rings (SSSR count). The van der Waals surface area contributed by atoms with Crippen LogP contribution in [0, 0.1) is 5.82 Å². The van der Waals surface area contributed by atoms with Gasteiger partial charge in [0.2, 0.25) is 5.91 Å². The standard InChI is InChI=1S/C30H30Cl2FN3O2/c31-27-10-7-22(17-28(27)32)25(18-30(37)34-11-12-35-13-15-38-16-14-35)26-20-36(29-4-2-1-3-24(26)29)19-21-5-8-23(33)9-6-21/h1-10,17,20,25H,11-16,18-19H2,(H,34,37)/t25-/m1/s1. The molecule has 0 aliphatic carbocycles. The van der Waals surface area contributed by atoms with Crippen LogP contribution in [0.25, 0.3) is 10.9 Å². The second-order valence-corrected chi connectivity index (χ2v) is 10.4. The Kier molecular flexibility index (Phi) is 8.65. The van der Waals surface area contributed by atoms with Gasteiger partial charge >= 0.3 is 0 Å². The van der Waals surface area contributed by atoms with Crippen LogP contribution >= 0.6 is 23.2 Å². The Morgan fingerprint density at radius 3 is 2.53 bits per heavy atom. The molecule has 1 amide bonds. The van der Waals surface area contributed by atoms with Crippen molar-refractivity contribution in [3.63, 3.8) is 0 Å². The van der Waals surface area contributed by atoms with E-state index >= 15 is 0 Å². The maximum atomic E-state index is 13.5. The van der Waals surface area contributed by atoms with E-state index in [9.17, 15) is 9.18 Å². The molecule has 1 N–H and O–H groups in total. The summed E-state index contributed by atoms with van der Waals surface area (Å²) in [6, 6.07) is 20.2. The van der Waals surface area contributed by atoms with Crippen molar-refractivity contribution < 1.29 is 13.9 Å². The first kappa shape index (κ1) is 26.7. The fourth-order valence-electron chi connectivity index (χ4n) is 5.04. The highest BCUT2D eigenvalue weighted by Gasteiger charge is 2.24. The Bertz CT molecular complexity index is 1400. The molecule has 1 aliphatic rings. The van der Waals surface area contributed by atoms with Gasteiger partial charge in [-0.2, -0.15) is 0 Å². The van der Waals surface area contributed by atoms with Gasteiger partial charge in [0.1, 0.15) is 5.82 Å². The molecular formula is C30H30Cl2FN3O2. The zero-order chi connectivity index (χ0) is 26.5. The molecule has 4 aromatic rings. The molecule has 0 saturated carbocycles. The molecule has 0 radical (unpaired) electrons. The third kappa shape index (κ3) is 6.38. The van der Waals surface area contributed by atoms with Crippen LogP contribution in [0.4, 0.5) is 4.39 Å². The van der Waals surface area contributed by atoms with Crippen LogP contribution in [0.1, 0.15) is 29.0 Å². The van der Waals surface area contributed by atoms with E-state index in [1.54, 1.807) is 18.2 Å². The summed E-state index contributed by atoms with van der Waals surface area (Å²) in [4.78, 5) is 15.5. The number of amides is 1. The Morgan fingerprint density at radius 1 is 1.00 bits per heavy atom. The minimum atomic E-state index is -0.258. The quantitative estimate of drug-likeness (QED) is 0.272. The van der Waals surface area contributed by atoms with Crippen molar-refractivity contribution >= 4 is 40.0 Å². The summed E-state index contributed by atoms with van der Waals surface area (Å²) in [5.41, 5.74) is 3.99. The number of benzene rings is 3. The van der Waals surface area contributed by atoms with Crippen molar-refractivity contribution in [1.82, 2.24) is 14.8 Å². The number of carbonyl (C=O) groups excluding carboxylic acids is 1. The minimum Gasteiger partial charge on any atom is -0.379 e. The van der Waals surface area contributed by atoms with Gasteiger partial charge in [0.15, 0.2) is 0 Å². The number of halogens is 3. The number of nitrogens with one attached hydrogen (secondary N) is 1. The molecule has 3 aromatic carbocycles. The van der Waals surface area contributed by atoms with Gasteiger partial charge in [-0.3, -0.25) is 9.69 Å². The van der Waals surface area contributed by atoms with E-state index in [1.807, 2.05) is 24.3 Å². The lowest BCUT2D eigenvalue weighted by Gasteiger charge is -2.26. The Morgan fingerprint density at radius 2 is 1.76 bits per heavy atom. The van der Waals surface area contributed by atoms with Gasteiger partial charge in [-0.1, -0.05) is 59.6 Å². The summed E-state index contributed by atoms with van der Waals surface area (Å²) in [5.74, 6) is -0.511. The predicted octanol–water partition coefficient (Wildman–Crippen LogP) is 6.11. The smallest absolute Gasteiger partial charge is 0.220 e. The van der Waals surface area contributed by atoms with Crippen molar-refractivity contribution in [2.45, 2.75) is 18.9 Å². The number of hydrogen-bond donors (Lipinski definition) is 1. The average molecular weight is 554 g/mol. The molecule has 1 atom stereocenters. The molecule has 0 bridgehead atoms. The van der Waals surface area contributed by atoms with E-state index in [1.165, 1.54) is 12.1 Å². The van der Waals surface area contributed by atoms with Gasteiger partial charge in [0.25, 0.3) is 0 Å². The van der Waals surface area contributed by atoms with Crippen molar-refractivity contribution in [2.24, 2.45) is 0 Å². The second kappa shape index (κ2) is 12.3. The summed E-state index contributed by atoms with van der Waals surface area (Å²) in [7, 11) is 0. The van der Waals surface area contributed by atoms with Crippen LogP contribution in [0.3, 0.4) is 0 Å². The lowest BCUT2D eigenvalue weighted by atomic mass is 9.88. The summed E-state index contributed by atoms with van der Waals surface area (Å²) < 4.78 is 21.0. The van der Waals surface area contributed by atoms with E-state index in [4.69, 9.17) is 27.9 Å². The highest BCUT2D eigenvalue weighted by atomic mass is 35.5. The number of aromatic nitrogens is 1. The number of hydrogen-bond acceptors (Lipinski definition) is 3. The second-order valence-electron chi connectivity index (χ2n) is 9.59. The summed E-state index contributed by atoms with van der Waals surface area (Å²) in [6.45, 7) is 5.19. The van der Waals surface area contributed by atoms with Gasteiger partial charge in [0.05, 0.1) is 23.3 Å². The molecule has 5 nitrogen and oxygen atoms in total. The largest absolute Gasteiger partial charge is 0.379 e. The van der Waals surface area contributed by atoms with Crippen LogP contribution in [0.5, 0.6) is 0 Å². The lowest BCUT2D eigenvalue weighted by molar-refractivity contribution is -0.121. The molecule has 2 heterocycles. The number of rotatable bonds is 9. The Balaban J connectivity index is 1.43. The van der Waals surface area contributed by atoms with Gasteiger partial charge < -0.3 is 14.6 Å². The van der Waals surface area contributed by atoms with Crippen molar-refractivity contribution in [3.05, 3.63) is 105 Å². The number of ether oxygens (including phenoxy) is 1. The number of morpholine rings is 1. The van der Waals surface area contributed by atoms with E-state index in [0.29, 0.717) is 23.1 Å². The summed E-state index contributed by atoms with van der Waals surface area (Å²) in [5, 5.41) is 5.10. The van der Waals surface area contributed by atoms with Crippen LogP contribution in [-0.4, -0.2) is 54.8 Å². The minimum absolute atomic E-state index is 0.0234. The van der Waals surface area contributed by atoms with Crippen LogP contribution in [-0.2, 0) is 16.1 Å². The average Bonchev–Trinajstić information content (AvgIpc) is 3.29. The first-order valence-electron chi connectivity index (χ1n) is 12.8. The van der Waals surface area contributed by atoms with Crippen molar-refractivity contribution in [3.8, 4) is 0 Å². The van der Waals surface area contributed by atoms with Crippen LogP contribution in [0.2, 0.25) is 10.0 Å². The van der Waals surface area contributed by atoms with Crippen molar-refractivity contribution in [1.29, 1.82) is 0 Å². The normalized spacial score (nSPS) is 15.0. The molecule has 1 fully saturated rings. The first-order valence-corrected chi connectivity index (χ1v) is 13.6. The number of para-hydroxylation sites is 1. The highest BCUT2D eigenvalue weighted by Crippen LogP contribution is 2.37. The monoisotopic (exact) mass is 553 g/mol. The fraction of sp³-hybridized carbons (Fsp3) is 0.300. The van der Waals surface area contributed by atoms with E-state index in [0.717, 1.165) is 60.4 Å².